The van der Waals surface area contributed by atoms with E-state index in [1.54, 1.807) is 31.2 Å². The molecule has 0 radical (unpaired) electrons. The van der Waals surface area contributed by atoms with Gasteiger partial charge in [-0.15, -0.1) is 10.2 Å². The summed E-state index contributed by atoms with van der Waals surface area (Å²) in [5.74, 6) is 0.816. The van der Waals surface area contributed by atoms with E-state index in [4.69, 9.17) is 16.0 Å². The molecule has 1 aromatic heterocycles. The molecule has 0 unspecified atom stereocenters. The summed E-state index contributed by atoms with van der Waals surface area (Å²) in [6.45, 7) is 1.81. The predicted octanol–water partition coefficient (Wildman–Crippen LogP) is 1.87. The van der Waals surface area contributed by atoms with Crippen LogP contribution >= 0.6 is 11.6 Å². The summed E-state index contributed by atoms with van der Waals surface area (Å²) in [5, 5.41) is 8.42. The lowest BCUT2D eigenvalue weighted by Crippen LogP contribution is -2.27. The van der Waals surface area contributed by atoms with Crippen molar-refractivity contribution in [2.24, 2.45) is 0 Å². The number of halogens is 1. The second kappa shape index (κ2) is 6.34. The molecule has 0 spiro atoms. The third kappa shape index (κ3) is 4.03. The van der Waals surface area contributed by atoms with Gasteiger partial charge in [0.05, 0.1) is 5.75 Å². The second-order valence-electron chi connectivity index (χ2n) is 4.06. The predicted molar refractivity (Wildman–Crippen MR) is 75.9 cm³/mol. The highest BCUT2D eigenvalue weighted by Gasteiger charge is 2.10. The molecule has 0 fully saturated rings. The van der Waals surface area contributed by atoms with Gasteiger partial charge in [0, 0.05) is 23.6 Å². The maximum atomic E-state index is 11.3. The van der Waals surface area contributed by atoms with Gasteiger partial charge in [0.25, 0.3) is 0 Å². The van der Waals surface area contributed by atoms with Crippen molar-refractivity contribution in [2.45, 2.75) is 13.3 Å². The first kappa shape index (κ1) is 15.0. The van der Waals surface area contributed by atoms with E-state index in [0.717, 1.165) is 5.56 Å². The zero-order chi connectivity index (χ0) is 14.6. The van der Waals surface area contributed by atoms with E-state index in [9.17, 15) is 8.42 Å². The Morgan fingerprint density at radius 1 is 1.25 bits per heavy atom. The molecule has 0 aliphatic rings. The lowest BCUT2D eigenvalue weighted by atomic mass is 10.2. The third-order valence-electron chi connectivity index (χ3n) is 2.60. The summed E-state index contributed by atoms with van der Waals surface area (Å²) in [6, 6.07) is 7.02. The Hall–Kier alpha value is -1.44. The van der Waals surface area contributed by atoms with Crippen molar-refractivity contribution < 1.29 is 12.8 Å². The van der Waals surface area contributed by atoms with Crippen LogP contribution in [0.3, 0.4) is 0 Å². The van der Waals surface area contributed by atoms with Crippen LogP contribution in [0.25, 0.3) is 11.5 Å². The molecule has 1 aromatic carbocycles. The highest BCUT2D eigenvalue weighted by Crippen LogP contribution is 2.20. The number of benzene rings is 1. The standard InChI is InChI=1S/C12H14ClN3O3S/c1-2-20(17,18)14-8-7-11-15-16-12(19-11)9-3-5-10(13)6-4-9/h3-6,14H,2,7-8H2,1H3. The average molecular weight is 316 g/mol. The van der Waals surface area contributed by atoms with E-state index in [2.05, 4.69) is 14.9 Å². The number of hydrogen-bond donors (Lipinski definition) is 1. The van der Waals surface area contributed by atoms with Crippen LogP contribution in [0.5, 0.6) is 0 Å². The molecule has 0 aliphatic carbocycles. The molecule has 0 saturated carbocycles. The summed E-state index contributed by atoms with van der Waals surface area (Å²) < 4.78 is 30.4. The molecule has 20 heavy (non-hydrogen) atoms. The molecule has 0 bridgehead atoms. The van der Waals surface area contributed by atoms with Gasteiger partial charge in [-0.3, -0.25) is 0 Å². The van der Waals surface area contributed by atoms with Gasteiger partial charge in [-0.2, -0.15) is 0 Å². The van der Waals surface area contributed by atoms with E-state index in [1.165, 1.54) is 0 Å². The van der Waals surface area contributed by atoms with Gasteiger partial charge in [-0.05, 0) is 31.2 Å². The molecule has 0 amide bonds. The first-order valence-corrected chi connectivity index (χ1v) is 8.09. The fraction of sp³-hybridized carbons (Fsp3) is 0.333. The van der Waals surface area contributed by atoms with Crippen LogP contribution in [0.4, 0.5) is 0 Å². The molecule has 2 aromatic rings. The zero-order valence-corrected chi connectivity index (χ0v) is 12.4. The summed E-state index contributed by atoms with van der Waals surface area (Å²) in [7, 11) is -3.19. The number of aromatic nitrogens is 2. The number of nitrogens with one attached hydrogen (secondary N) is 1. The van der Waals surface area contributed by atoms with E-state index in [0.29, 0.717) is 23.2 Å². The second-order valence-corrected chi connectivity index (χ2v) is 6.59. The lowest BCUT2D eigenvalue weighted by molar-refractivity contribution is 0.502. The Morgan fingerprint density at radius 2 is 1.95 bits per heavy atom. The van der Waals surface area contributed by atoms with Crippen LogP contribution in [-0.2, 0) is 16.4 Å². The van der Waals surface area contributed by atoms with Crippen molar-refractivity contribution in [3.05, 3.63) is 35.2 Å². The largest absolute Gasteiger partial charge is 0.421 e. The van der Waals surface area contributed by atoms with Crippen LogP contribution in [0, 0.1) is 0 Å². The summed E-state index contributed by atoms with van der Waals surface area (Å²) in [5.41, 5.74) is 0.766. The average Bonchev–Trinajstić information content (AvgIpc) is 2.88. The van der Waals surface area contributed by atoms with Crippen LogP contribution < -0.4 is 4.72 Å². The van der Waals surface area contributed by atoms with Gasteiger partial charge in [0.15, 0.2) is 0 Å². The quantitative estimate of drug-likeness (QED) is 0.879. The Morgan fingerprint density at radius 3 is 2.60 bits per heavy atom. The van der Waals surface area contributed by atoms with Crippen molar-refractivity contribution in [3.63, 3.8) is 0 Å². The van der Waals surface area contributed by atoms with Crippen molar-refractivity contribution >= 4 is 21.6 Å². The fourth-order valence-electron chi connectivity index (χ4n) is 1.48. The van der Waals surface area contributed by atoms with Crippen LogP contribution in [0.15, 0.2) is 28.7 Å². The smallest absolute Gasteiger partial charge is 0.247 e. The topological polar surface area (TPSA) is 85.1 Å². The Labute approximate surface area is 122 Å². The first-order valence-electron chi connectivity index (χ1n) is 6.06. The minimum Gasteiger partial charge on any atom is -0.421 e. The monoisotopic (exact) mass is 315 g/mol. The molecule has 2 rings (SSSR count). The van der Waals surface area contributed by atoms with Gasteiger partial charge in [0.2, 0.25) is 21.8 Å². The van der Waals surface area contributed by atoms with Crippen molar-refractivity contribution in [1.82, 2.24) is 14.9 Å². The van der Waals surface area contributed by atoms with Gasteiger partial charge in [-0.1, -0.05) is 11.6 Å². The SMILES string of the molecule is CCS(=O)(=O)NCCc1nnc(-c2ccc(Cl)cc2)o1. The Bertz CT molecular complexity index is 668. The molecule has 1 heterocycles. The Balaban J connectivity index is 1.97. The van der Waals surface area contributed by atoms with Gasteiger partial charge < -0.3 is 4.42 Å². The summed E-state index contributed by atoms with van der Waals surface area (Å²) in [4.78, 5) is 0. The van der Waals surface area contributed by atoms with E-state index >= 15 is 0 Å². The normalized spacial score (nSPS) is 11.7. The van der Waals surface area contributed by atoms with E-state index in [1.807, 2.05) is 0 Å². The molecule has 0 aliphatic heterocycles. The fourth-order valence-corrected chi connectivity index (χ4v) is 2.22. The van der Waals surface area contributed by atoms with Gasteiger partial charge in [-0.25, -0.2) is 13.1 Å². The number of hydrogen-bond acceptors (Lipinski definition) is 5. The van der Waals surface area contributed by atoms with Gasteiger partial charge >= 0.3 is 0 Å². The van der Waals surface area contributed by atoms with Crippen LogP contribution in [0.2, 0.25) is 5.02 Å². The highest BCUT2D eigenvalue weighted by molar-refractivity contribution is 7.89. The summed E-state index contributed by atoms with van der Waals surface area (Å²) >= 11 is 5.80. The molecule has 0 saturated heterocycles. The van der Waals surface area contributed by atoms with Crippen LogP contribution in [-0.4, -0.2) is 30.9 Å². The maximum Gasteiger partial charge on any atom is 0.247 e. The maximum absolute atomic E-state index is 11.3. The Kier molecular flexibility index (Phi) is 4.74. The van der Waals surface area contributed by atoms with Crippen molar-refractivity contribution in [2.75, 3.05) is 12.3 Å². The number of sulfonamides is 1. The molecule has 0 atom stereocenters. The molecule has 6 nitrogen and oxygen atoms in total. The molecule has 8 heteroatoms. The lowest BCUT2D eigenvalue weighted by Gasteiger charge is -2.01. The van der Waals surface area contributed by atoms with Gasteiger partial charge in [0.1, 0.15) is 0 Å². The number of rotatable bonds is 6. The molecular weight excluding hydrogens is 302 g/mol. The third-order valence-corrected chi connectivity index (χ3v) is 4.25. The van der Waals surface area contributed by atoms with E-state index in [-0.39, 0.29) is 12.3 Å². The minimum atomic E-state index is -3.19. The van der Waals surface area contributed by atoms with E-state index < -0.39 is 10.0 Å². The van der Waals surface area contributed by atoms with Crippen molar-refractivity contribution in [1.29, 1.82) is 0 Å². The summed E-state index contributed by atoms with van der Waals surface area (Å²) in [6.07, 6.45) is 0.347. The number of nitrogens with zero attached hydrogens (tertiary/aromatic N) is 2. The molecule has 108 valence electrons. The van der Waals surface area contributed by atoms with Crippen molar-refractivity contribution in [3.8, 4) is 11.5 Å². The molecule has 1 N–H and O–H groups in total. The van der Waals surface area contributed by atoms with Crippen LogP contribution in [0.1, 0.15) is 12.8 Å². The molecular formula is C12H14ClN3O3S. The first-order chi connectivity index (χ1) is 9.50. The highest BCUT2D eigenvalue weighted by atomic mass is 35.5. The minimum absolute atomic E-state index is 0.0485. The zero-order valence-electron chi connectivity index (χ0n) is 10.8.